The van der Waals surface area contributed by atoms with Crippen LogP contribution in [0.5, 0.6) is 5.75 Å². The molecule has 2 aromatic rings. The first-order valence-corrected chi connectivity index (χ1v) is 8.93. The maximum Gasteiger partial charge on any atom is 0.344 e. The average molecular weight is 384 g/mol. The van der Waals surface area contributed by atoms with Crippen LogP contribution < -0.4 is 10.1 Å². The number of hydrogen-bond acceptors (Lipinski definition) is 6. The van der Waals surface area contributed by atoms with Crippen LogP contribution in [0.25, 0.3) is 0 Å². The monoisotopic (exact) mass is 384 g/mol. The molecular weight excluding hydrogens is 364 g/mol. The zero-order valence-corrected chi connectivity index (χ0v) is 15.1. The molecule has 1 amide bonds. The molecule has 0 unspecified atom stereocenters. The van der Waals surface area contributed by atoms with Crippen molar-refractivity contribution >= 4 is 17.6 Å². The van der Waals surface area contributed by atoms with E-state index >= 15 is 0 Å². The van der Waals surface area contributed by atoms with Gasteiger partial charge in [0.1, 0.15) is 0 Å². The number of nitro benzene ring substituents is 1. The van der Waals surface area contributed by atoms with Gasteiger partial charge in [-0.1, -0.05) is 36.4 Å². The number of ether oxygens (including phenoxy) is 2. The van der Waals surface area contributed by atoms with Gasteiger partial charge in [-0.25, -0.2) is 4.79 Å². The van der Waals surface area contributed by atoms with E-state index in [-0.39, 0.29) is 17.5 Å². The standard InChI is InChI=1S/C20H20N2O6/c23-19(21-16-9-5-7-14-6-1-2-8-15(14)16)12-28-20(24)13-27-18-11-4-3-10-17(18)22(25)26/h1-4,6,8,10-11,16H,5,7,9,12-13H2,(H,21,23)/t16-/m1/s1. The van der Waals surface area contributed by atoms with Crippen molar-refractivity contribution in [3.05, 3.63) is 69.8 Å². The molecule has 1 aliphatic rings. The first kappa shape index (κ1) is 19.3. The largest absolute Gasteiger partial charge is 0.475 e. The molecule has 0 heterocycles. The lowest BCUT2D eigenvalue weighted by Gasteiger charge is -2.26. The molecule has 0 bridgehead atoms. The first-order valence-electron chi connectivity index (χ1n) is 8.93. The summed E-state index contributed by atoms with van der Waals surface area (Å²) in [5.41, 5.74) is 2.06. The van der Waals surface area contributed by atoms with Crippen molar-refractivity contribution in [3.8, 4) is 5.75 Å². The number of carbonyl (C=O) groups excluding carboxylic acids is 2. The molecule has 8 nitrogen and oxygen atoms in total. The molecule has 1 aliphatic carbocycles. The summed E-state index contributed by atoms with van der Waals surface area (Å²) >= 11 is 0. The Labute approximate surface area is 161 Å². The number of rotatable bonds is 7. The SMILES string of the molecule is O=C(COC(=O)COc1ccccc1[N+](=O)[O-])N[C@@H]1CCCc2ccccc21. The zero-order chi connectivity index (χ0) is 19.9. The highest BCUT2D eigenvalue weighted by Crippen LogP contribution is 2.29. The van der Waals surface area contributed by atoms with Crippen molar-refractivity contribution in [2.45, 2.75) is 25.3 Å². The van der Waals surface area contributed by atoms with E-state index in [1.807, 2.05) is 24.3 Å². The first-order chi connectivity index (χ1) is 13.5. The van der Waals surface area contributed by atoms with Crippen molar-refractivity contribution < 1.29 is 24.0 Å². The van der Waals surface area contributed by atoms with Gasteiger partial charge in [0.05, 0.1) is 11.0 Å². The number of fused-ring (bicyclic) bond motifs is 1. The number of nitro groups is 1. The van der Waals surface area contributed by atoms with Gasteiger partial charge in [0.25, 0.3) is 5.91 Å². The van der Waals surface area contributed by atoms with E-state index in [1.54, 1.807) is 6.07 Å². The van der Waals surface area contributed by atoms with Gasteiger partial charge in [-0.15, -0.1) is 0 Å². The van der Waals surface area contributed by atoms with E-state index in [9.17, 15) is 19.7 Å². The molecule has 1 N–H and O–H groups in total. The number of esters is 1. The minimum atomic E-state index is -0.780. The normalized spacial score (nSPS) is 15.2. The van der Waals surface area contributed by atoms with Crippen molar-refractivity contribution in [1.29, 1.82) is 0 Å². The molecule has 0 aliphatic heterocycles. The topological polar surface area (TPSA) is 108 Å². The Bertz CT molecular complexity index is 883. The predicted molar refractivity (Wildman–Crippen MR) is 99.8 cm³/mol. The molecule has 2 aromatic carbocycles. The van der Waals surface area contributed by atoms with Crippen LogP contribution in [0.4, 0.5) is 5.69 Å². The van der Waals surface area contributed by atoms with E-state index in [0.717, 1.165) is 24.8 Å². The van der Waals surface area contributed by atoms with Gasteiger partial charge in [0.2, 0.25) is 0 Å². The van der Waals surface area contributed by atoms with E-state index in [0.29, 0.717) is 0 Å². The van der Waals surface area contributed by atoms with Crippen LogP contribution in [-0.4, -0.2) is 30.0 Å². The molecule has 146 valence electrons. The summed E-state index contributed by atoms with van der Waals surface area (Å²) in [6, 6.07) is 13.6. The molecule has 1 atom stereocenters. The Kier molecular flexibility index (Phi) is 6.21. The second-order valence-electron chi connectivity index (χ2n) is 6.39. The average Bonchev–Trinajstić information content (AvgIpc) is 2.71. The van der Waals surface area contributed by atoms with Crippen molar-refractivity contribution in [2.24, 2.45) is 0 Å². The third-order valence-corrected chi connectivity index (χ3v) is 4.48. The molecule has 0 radical (unpaired) electrons. The highest BCUT2D eigenvalue weighted by Gasteiger charge is 2.22. The zero-order valence-electron chi connectivity index (χ0n) is 15.1. The van der Waals surface area contributed by atoms with Gasteiger partial charge in [0, 0.05) is 6.07 Å². The molecule has 0 fully saturated rings. The molecule has 8 heteroatoms. The maximum atomic E-state index is 12.1. The van der Waals surface area contributed by atoms with Gasteiger partial charge in [-0.3, -0.25) is 14.9 Å². The Morgan fingerprint density at radius 2 is 1.86 bits per heavy atom. The fourth-order valence-electron chi connectivity index (χ4n) is 3.19. The number of benzene rings is 2. The third kappa shape index (κ3) is 4.85. The lowest BCUT2D eigenvalue weighted by Crippen LogP contribution is -2.34. The Hall–Kier alpha value is -3.42. The minimum absolute atomic E-state index is 0.0345. The van der Waals surface area contributed by atoms with Crippen LogP contribution in [-0.2, 0) is 20.7 Å². The van der Waals surface area contributed by atoms with Crippen LogP contribution in [0.1, 0.15) is 30.0 Å². The van der Waals surface area contributed by atoms with Crippen LogP contribution in [0.3, 0.4) is 0 Å². The Morgan fingerprint density at radius 3 is 2.68 bits per heavy atom. The van der Waals surface area contributed by atoms with Crippen LogP contribution >= 0.6 is 0 Å². The van der Waals surface area contributed by atoms with Crippen LogP contribution in [0.2, 0.25) is 0 Å². The Morgan fingerprint density at radius 1 is 1.11 bits per heavy atom. The molecule has 3 rings (SSSR count). The predicted octanol–water partition coefficient (Wildman–Crippen LogP) is 2.71. The fraction of sp³-hybridized carbons (Fsp3) is 0.300. The second kappa shape index (κ2) is 8.98. The van der Waals surface area contributed by atoms with Crippen LogP contribution in [0.15, 0.2) is 48.5 Å². The quantitative estimate of drug-likeness (QED) is 0.447. The summed E-state index contributed by atoms with van der Waals surface area (Å²) in [5.74, 6) is -1.22. The summed E-state index contributed by atoms with van der Waals surface area (Å²) in [7, 11) is 0. The summed E-state index contributed by atoms with van der Waals surface area (Å²) in [6.45, 7) is -0.956. The smallest absolute Gasteiger partial charge is 0.344 e. The van der Waals surface area contributed by atoms with Crippen molar-refractivity contribution in [3.63, 3.8) is 0 Å². The lowest BCUT2D eigenvalue weighted by molar-refractivity contribution is -0.385. The van der Waals surface area contributed by atoms with Crippen LogP contribution in [0, 0.1) is 10.1 Å². The summed E-state index contributed by atoms with van der Waals surface area (Å²) in [4.78, 5) is 34.2. The molecule has 0 saturated carbocycles. The number of hydrogen-bond donors (Lipinski definition) is 1. The number of nitrogens with zero attached hydrogens (tertiary/aromatic N) is 1. The minimum Gasteiger partial charge on any atom is -0.475 e. The van der Waals surface area contributed by atoms with E-state index < -0.39 is 30.0 Å². The summed E-state index contributed by atoms with van der Waals surface area (Å²) in [5, 5.41) is 13.8. The number of nitrogens with one attached hydrogen (secondary N) is 1. The number of para-hydroxylation sites is 2. The molecular formula is C20H20N2O6. The lowest BCUT2D eigenvalue weighted by atomic mass is 9.88. The number of amides is 1. The van der Waals surface area contributed by atoms with Crippen molar-refractivity contribution in [1.82, 2.24) is 5.32 Å². The van der Waals surface area contributed by atoms with Gasteiger partial charge in [0.15, 0.2) is 19.0 Å². The van der Waals surface area contributed by atoms with E-state index in [2.05, 4.69) is 5.32 Å². The van der Waals surface area contributed by atoms with E-state index in [4.69, 9.17) is 9.47 Å². The highest BCUT2D eigenvalue weighted by atomic mass is 16.6. The van der Waals surface area contributed by atoms with Gasteiger partial charge in [-0.05, 0) is 36.5 Å². The van der Waals surface area contributed by atoms with Gasteiger partial charge >= 0.3 is 11.7 Å². The second-order valence-corrected chi connectivity index (χ2v) is 6.39. The Balaban J connectivity index is 1.47. The number of aryl methyl sites for hydroxylation is 1. The molecule has 0 aromatic heterocycles. The third-order valence-electron chi connectivity index (χ3n) is 4.48. The molecule has 0 spiro atoms. The number of carbonyl (C=O) groups is 2. The maximum absolute atomic E-state index is 12.1. The summed E-state index contributed by atoms with van der Waals surface area (Å²) < 4.78 is 10.1. The molecule has 28 heavy (non-hydrogen) atoms. The fourth-order valence-corrected chi connectivity index (χ4v) is 3.19. The van der Waals surface area contributed by atoms with Crippen molar-refractivity contribution in [2.75, 3.05) is 13.2 Å². The summed E-state index contributed by atoms with van der Waals surface area (Å²) in [6.07, 6.45) is 2.80. The molecule has 0 saturated heterocycles. The van der Waals surface area contributed by atoms with Gasteiger partial charge < -0.3 is 14.8 Å². The highest BCUT2D eigenvalue weighted by molar-refractivity contribution is 5.81. The van der Waals surface area contributed by atoms with E-state index in [1.165, 1.54) is 23.8 Å². The van der Waals surface area contributed by atoms with Gasteiger partial charge in [-0.2, -0.15) is 0 Å².